The number of benzene rings is 10. The molecule has 0 N–H and O–H groups in total. The zero-order chi connectivity index (χ0) is 42.2. The molecule has 0 radical (unpaired) electrons. The van der Waals surface area contributed by atoms with Gasteiger partial charge in [-0.25, -0.2) is 0 Å². The number of hydrogen-bond donors (Lipinski definition) is 0. The molecule has 65 heavy (non-hydrogen) atoms. The van der Waals surface area contributed by atoms with E-state index in [1.807, 2.05) is 0 Å². The summed E-state index contributed by atoms with van der Waals surface area (Å²) in [6.45, 7) is 0. The lowest BCUT2D eigenvalue weighted by molar-refractivity contribution is 0.591. The molecule has 3 spiro atoms. The summed E-state index contributed by atoms with van der Waals surface area (Å²) in [7, 11) is 0. The monoisotopic (exact) mass is 825 g/mol. The van der Waals surface area contributed by atoms with Crippen molar-refractivity contribution in [3.63, 3.8) is 0 Å². The predicted octanol–water partition coefficient (Wildman–Crippen LogP) is 15.6. The number of allylic oxidation sites excluding steroid dienone is 1. The molecule has 302 valence electrons. The quantitative estimate of drug-likeness (QED) is 0.176. The number of furan rings is 1. The molecule has 5 aliphatic rings. The van der Waals surface area contributed by atoms with E-state index < -0.39 is 0 Å². The van der Waals surface area contributed by atoms with Gasteiger partial charge < -0.3 is 9.32 Å². The van der Waals surface area contributed by atoms with Crippen molar-refractivity contribution in [2.45, 2.75) is 29.1 Å². The third kappa shape index (κ3) is 3.71. The van der Waals surface area contributed by atoms with E-state index >= 15 is 0 Å². The third-order valence-corrected chi connectivity index (χ3v) is 16.5. The number of fused-ring (bicyclic) bond motifs is 7. The summed E-state index contributed by atoms with van der Waals surface area (Å²) >= 11 is 0. The van der Waals surface area contributed by atoms with Gasteiger partial charge in [0.2, 0.25) is 0 Å². The van der Waals surface area contributed by atoms with Gasteiger partial charge in [-0.05, 0) is 115 Å². The average Bonchev–Trinajstić information content (AvgIpc) is 3.53. The Labute approximate surface area is 376 Å². The van der Waals surface area contributed by atoms with Crippen LogP contribution < -0.4 is 4.90 Å². The second-order valence-electron chi connectivity index (χ2n) is 18.9. The van der Waals surface area contributed by atoms with E-state index in [9.17, 15) is 0 Å². The average molecular weight is 826 g/mol. The van der Waals surface area contributed by atoms with Gasteiger partial charge >= 0.3 is 0 Å². The molecule has 2 heteroatoms. The summed E-state index contributed by atoms with van der Waals surface area (Å²) in [5.74, 6) is 1.01. The molecule has 5 aliphatic carbocycles. The first-order chi connectivity index (χ1) is 32.3. The molecule has 16 rings (SSSR count). The molecule has 0 amide bonds. The van der Waals surface area contributed by atoms with E-state index in [2.05, 4.69) is 217 Å². The van der Waals surface area contributed by atoms with Crippen LogP contribution in [0.1, 0.15) is 56.7 Å². The molecule has 11 aromatic rings. The lowest BCUT2D eigenvalue weighted by atomic mass is 9.65. The van der Waals surface area contributed by atoms with Crippen LogP contribution in [0.4, 0.5) is 17.1 Å². The van der Waals surface area contributed by atoms with Crippen molar-refractivity contribution in [1.29, 1.82) is 0 Å². The Kier molecular flexibility index (Phi) is 6.26. The van der Waals surface area contributed by atoms with E-state index in [1.165, 1.54) is 105 Å². The van der Waals surface area contributed by atoms with Crippen molar-refractivity contribution < 1.29 is 4.42 Å². The second kappa shape index (κ2) is 11.8. The van der Waals surface area contributed by atoms with Crippen molar-refractivity contribution in [3.8, 4) is 11.1 Å². The Bertz CT molecular complexity index is 3970. The number of para-hydroxylation sites is 1. The van der Waals surface area contributed by atoms with E-state index in [4.69, 9.17) is 4.42 Å². The molecule has 1 saturated carbocycles. The summed E-state index contributed by atoms with van der Waals surface area (Å²) < 4.78 is 6.58. The Hall–Kier alpha value is -7.94. The fourth-order valence-corrected chi connectivity index (χ4v) is 14.6. The number of hydrogen-bond acceptors (Lipinski definition) is 2. The minimum Gasteiger partial charge on any atom is -0.456 e. The second-order valence-corrected chi connectivity index (χ2v) is 18.9. The molecule has 2 nitrogen and oxygen atoms in total. The number of nitrogens with zero attached hydrogens (tertiary/aromatic N) is 1. The maximum atomic E-state index is 6.58. The predicted molar refractivity (Wildman–Crippen MR) is 266 cm³/mol. The van der Waals surface area contributed by atoms with Gasteiger partial charge in [-0.2, -0.15) is 0 Å². The maximum absolute atomic E-state index is 6.58. The van der Waals surface area contributed by atoms with E-state index in [0.29, 0.717) is 0 Å². The lowest BCUT2D eigenvalue weighted by Gasteiger charge is -2.37. The first kappa shape index (κ1) is 34.5. The van der Waals surface area contributed by atoms with Crippen LogP contribution in [-0.4, -0.2) is 0 Å². The standard InChI is InChI=1S/C63H39NO/c1-2-18-42-38(14-1)15-11-30-55(42)64(41-34-32-39(33-35-41)43-22-12-23-47-46-21-5-8-31-57(46)65-60(43)47)56-37-36-54-59-48(56)24-13-29-53(59)63-52-28-10-17-40-16-9-27-51(58(40)52)61(63)49-25-6-3-19-44(49)45-20-4-7-26-50(45)62(54,61)63/h1-11,13-22,24-37H,12,23H2. The largest absolute Gasteiger partial charge is 0.456 e. The summed E-state index contributed by atoms with van der Waals surface area (Å²) in [5.41, 5.74) is 18.6. The number of aryl methyl sites for hydroxylation is 1. The van der Waals surface area contributed by atoms with Gasteiger partial charge in [0.05, 0.1) is 27.6 Å². The van der Waals surface area contributed by atoms with E-state index in [1.54, 1.807) is 0 Å². The van der Waals surface area contributed by atoms with Crippen LogP contribution in [-0.2, 0) is 22.7 Å². The molecular weight excluding hydrogens is 787 g/mol. The van der Waals surface area contributed by atoms with Crippen LogP contribution in [0.3, 0.4) is 0 Å². The van der Waals surface area contributed by atoms with Gasteiger partial charge in [-0.1, -0.05) is 182 Å². The Morgan fingerprint density at radius 1 is 0.400 bits per heavy atom. The Morgan fingerprint density at radius 3 is 1.71 bits per heavy atom. The fourth-order valence-electron chi connectivity index (χ4n) is 14.6. The molecule has 1 fully saturated rings. The summed E-state index contributed by atoms with van der Waals surface area (Å²) in [6, 6.07) is 78.4. The van der Waals surface area contributed by atoms with Crippen molar-refractivity contribution in [3.05, 3.63) is 263 Å². The summed E-state index contributed by atoms with van der Waals surface area (Å²) in [6.07, 6.45) is 4.35. The number of rotatable bonds is 4. The highest BCUT2D eigenvalue weighted by Crippen LogP contribution is 2.94. The van der Waals surface area contributed by atoms with E-state index in [0.717, 1.165) is 35.6 Å². The topological polar surface area (TPSA) is 16.4 Å². The molecule has 3 unspecified atom stereocenters. The van der Waals surface area contributed by atoms with Crippen LogP contribution in [0.5, 0.6) is 0 Å². The van der Waals surface area contributed by atoms with Gasteiger partial charge in [0.15, 0.2) is 0 Å². The van der Waals surface area contributed by atoms with Gasteiger partial charge in [-0.15, -0.1) is 0 Å². The van der Waals surface area contributed by atoms with Crippen molar-refractivity contribution in [2.24, 2.45) is 0 Å². The first-order valence-electron chi connectivity index (χ1n) is 23.1. The van der Waals surface area contributed by atoms with E-state index in [-0.39, 0.29) is 16.2 Å². The molecule has 0 bridgehead atoms. The van der Waals surface area contributed by atoms with Crippen molar-refractivity contribution in [1.82, 2.24) is 0 Å². The van der Waals surface area contributed by atoms with Crippen LogP contribution in [0.25, 0.3) is 60.0 Å². The third-order valence-electron chi connectivity index (χ3n) is 16.5. The van der Waals surface area contributed by atoms with Crippen LogP contribution >= 0.6 is 0 Å². The molecule has 3 atom stereocenters. The van der Waals surface area contributed by atoms with Gasteiger partial charge in [-0.3, -0.25) is 0 Å². The Balaban J connectivity index is 0.959. The molecular formula is C63H39NO. The summed E-state index contributed by atoms with van der Waals surface area (Å²) in [4.78, 5) is 2.53. The van der Waals surface area contributed by atoms with Crippen molar-refractivity contribution in [2.75, 3.05) is 4.90 Å². The minimum absolute atomic E-state index is 0.282. The number of anilines is 3. The highest BCUT2D eigenvalue weighted by molar-refractivity contribution is 6.16. The highest BCUT2D eigenvalue weighted by Gasteiger charge is 2.95. The maximum Gasteiger partial charge on any atom is 0.138 e. The molecule has 0 saturated heterocycles. The van der Waals surface area contributed by atoms with Crippen LogP contribution in [0.15, 0.2) is 217 Å². The van der Waals surface area contributed by atoms with Gasteiger partial charge in [0, 0.05) is 33.0 Å². The van der Waals surface area contributed by atoms with Gasteiger partial charge in [0.1, 0.15) is 11.3 Å². The minimum atomic E-state index is -0.318. The normalized spacial score (nSPS) is 21.1. The highest BCUT2D eigenvalue weighted by atomic mass is 16.3. The first-order valence-corrected chi connectivity index (χ1v) is 23.1. The SMILES string of the molecule is C1=C(c2ccc(N(c3cccc4ccccc34)c3ccc4c5c(cccc35)C35c6cccc7cccc(c67)C36c3ccccc3-c3ccccc3C465)cc2)c2oc3ccccc3c2CC1. The summed E-state index contributed by atoms with van der Waals surface area (Å²) in [5, 5.41) is 9.11. The molecule has 1 heterocycles. The Morgan fingerprint density at radius 2 is 0.938 bits per heavy atom. The molecule has 1 aromatic heterocycles. The van der Waals surface area contributed by atoms with Crippen LogP contribution in [0.2, 0.25) is 0 Å². The molecule has 0 aliphatic heterocycles. The zero-order valence-electron chi connectivity index (χ0n) is 35.5. The van der Waals surface area contributed by atoms with Crippen LogP contribution in [0, 0.1) is 0 Å². The molecule has 10 aromatic carbocycles. The smallest absolute Gasteiger partial charge is 0.138 e. The van der Waals surface area contributed by atoms with Gasteiger partial charge in [0.25, 0.3) is 0 Å². The zero-order valence-corrected chi connectivity index (χ0v) is 35.5. The lowest BCUT2D eigenvalue weighted by Crippen LogP contribution is -2.30. The fraction of sp³-hybridized carbons (Fsp3) is 0.0794. The van der Waals surface area contributed by atoms with Crippen molar-refractivity contribution >= 4 is 65.9 Å².